The van der Waals surface area contributed by atoms with Gasteiger partial charge in [0.1, 0.15) is 0 Å². The quantitative estimate of drug-likeness (QED) is 0.600. The van der Waals surface area contributed by atoms with E-state index in [9.17, 15) is 4.79 Å². The number of rotatable bonds is 8. The second-order valence-electron chi connectivity index (χ2n) is 7.54. The maximum Gasteiger partial charge on any atom is 0.273 e. The minimum absolute atomic E-state index is 0.205. The molecule has 2 aromatic carbocycles. The van der Waals surface area contributed by atoms with E-state index in [4.69, 9.17) is 9.47 Å². The van der Waals surface area contributed by atoms with Crippen LogP contribution in [0.25, 0.3) is 0 Å². The van der Waals surface area contributed by atoms with Crippen LogP contribution in [0.5, 0.6) is 11.5 Å². The molecule has 0 spiro atoms. The zero-order valence-corrected chi connectivity index (χ0v) is 17.9. The fourth-order valence-electron chi connectivity index (χ4n) is 3.80. The van der Waals surface area contributed by atoms with Gasteiger partial charge in [0.05, 0.1) is 27.0 Å². The van der Waals surface area contributed by atoms with Crippen molar-refractivity contribution >= 4 is 5.91 Å². The van der Waals surface area contributed by atoms with Crippen molar-refractivity contribution in [2.45, 2.75) is 19.5 Å². The Morgan fingerprint density at radius 2 is 1.84 bits per heavy atom. The number of hydrogen-bond donors (Lipinski definition) is 1. The predicted octanol–water partition coefficient (Wildman–Crippen LogP) is 2.13. The zero-order valence-electron chi connectivity index (χ0n) is 17.9. The Balaban J connectivity index is 1.28. The summed E-state index contributed by atoms with van der Waals surface area (Å²) in [5, 5.41) is 11.0. The number of fused-ring (bicyclic) bond motifs is 1. The Hall–Kier alpha value is -3.39. The van der Waals surface area contributed by atoms with E-state index in [2.05, 4.69) is 26.6 Å². The van der Waals surface area contributed by atoms with E-state index in [1.165, 1.54) is 11.1 Å². The van der Waals surface area contributed by atoms with Gasteiger partial charge in [0, 0.05) is 26.2 Å². The average Bonchev–Trinajstić information content (AvgIpc) is 3.27. The summed E-state index contributed by atoms with van der Waals surface area (Å²) in [6, 6.07) is 14.1. The molecule has 31 heavy (non-hydrogen) atoms. The molecule has 1 amide bonds. The summed E-state index contributed by atoms with van der Waals surface area (Å²) in [5.41, 5.74) is 3.96. The number of methoxy groups -OCH3 is 2. The lowest BCUT2D eigenvalue weighted by Gasteiger charge is -2.29. The van der Waals surface area contributed by atoms with Gasteiger partial charge in [0.2, 0.25) is 0 Å². The molecule has 1 aliphatic rings. The lowest BCUT2D eigenvalue weighted by molar-refractivity contribution is 0.0942. The maximum atomic E-state index is 12.4. The van der Waals surface area contributed by atoms with Crippen LogP contribution in [0.1, 0.15) is 27.2 Å². The predicted molar refractivity (Wildman–Crippen MR) is 116 cm³/mol. The van der Waals surface area contributed by atoms with Crippen LogP contribution in [0.4, 0.5) is 0 Å². The smallest absolute Gasteiger partial charge is 0.273 e. The van der Waals surface area contributed by atoms with Crippen molar-refractivity contribution in [2.24, 2.45) is 0 Å². The summed E-state index contributed by atoms with van der Waals surface area (Å²) in [6.07, 6.45) is 2.62. The van der Waals surface area contributed by atoms with Crippen LogP contribution in [0.2, 0.25) is 0 Å². The molecule has 0 saturated carbocycles. The van der Waals surface area contributed by atoms with Crippen molar-refractivity contribution in [2.75, 3.05) is 33.9 Å². The molecular weight excluding hydrogens is 394 g/mol. The second-order valence-corrected chi connectivity index (χ2v) is 7.54. The SMILES string of the molecule is COc1cc2c(cc1OC)CN(CCNC(=O)c1cn(Cc3ccccc3)nn1)CC2. The molecule has 1 aromatic heterocycles. The number of carbonyl (C=O) groups is 1. The molecule has 8 nitrogen and oxygen atoms in total. The molecule has 0 radical (unpaired) electrons. The number of nitrogens with one attached hydrogen (secondary N) is 1. The van der Waals surface area contributed by atoms with Crippen molar-refractivity contribution in [1.29, 1.82) is 0 Å². The Kier molecular flexibility index (Phi) is 6.47. The van der Waals surface area contributed by atoms with E-state index in [0.29, 0.717) is 18.8 Å². The molecule has 2 heterocycles. The number of ether oxygens (including phenoxy) is 2. The summed E-state index contributed by atoms with van der Waals surface area (Å²) in [6.45, 7) is 3.65. The van der Waals surface area contributed by atoms with E-state index in [0.717, 1.165) is 43.1 Å². The van der Waals surface area contributed by atoms with Gasteiger partial charge in [-0.15, -0.1) is 5.10 Å². The minimum Gasteiger partial charge on any atom is -0.493 e. The highest BCUT2D eigenvalue weighted by Gasteiger charge is 2.19. The zero-order chi connectivity index (χ0) is 21.6. The number of aromatic nitrogens is 3. The van der Waals surface area contributed by atoms with Crippen LogP contribution in [0, 0.1) is 0 Å². The molecule has 0 bridgehead atoms. The van der Waals surface area contributed by atoms with Crippen LogP contribution in [0.15, 0.2) is 48.7 Å². The molecule has 0 atom stereocenters. The molecule has 3 aromatic rings. The van der Waals surface area contributed by atoms with E-state index in [-0.39, 0.29) is 5.91 Å². The average molecular weight is 422 g/mol. The molecule has 4 rings (SSSR count). The Labute approximate surface area is 181 Å². The van der Waals surface area contributed by atoms with Gasteiger partial charge >= 0.3 is 0 Å². The van der Waals surface area contributed by atoms with Crippen LogP contribution in [-0.4, -0.2) is 59.7 Å². The molecule has 0 unspecified atom stereocenters. The summed E-state index contributed by atoms with van der Waals surface area (Å²) >= 11 is 0. The highest BCUT2D eigenvalue weighted by atomic mass is 16.5. The minimum atomic E-state index is -0.205. The van der Waals surface area contributed by atoms with Crippen molar-refractivity contribution in [3.63, 3.8) is 0 Å². The Bertz CT molecular complexity index is 1030. The molecule has 1 N–H and O–H groups in total. The monoisotopic (exact) mass is 421 g/mol. The highest BCUT2D eigenvalue weighted by molar-refractivity contribution is 5.91. The third-order valence-electron chi connectivity index (χ3n) is 5.47. The first-order valence-corrected chi connectivity index (χ1v) is 10.3. The number of benzene rings is 2. The largest absolute Gasteiger partial charge is 0.493 e. The van der Waals surface area contributed by atoms with E-state index >= 15 is 0 Å². The number of hydrogen-bond acceptors (Lipinski definition) is 6. The van der Waals surface area contributed by atoms with Crippen molar-refractivity contribution in [3.05, 3.63) is 71.0 Å². The maximum absolute atomic E-state index is 12.4. The molecule has 0 aliphatic carbocycles. The third-order valence-corrected chi connectivity index (χ3v) is 5.47. The molecule has 0 fully saturated rings. The van der Waals surface area contributed by atoms with Crippen LogP contribution in [-0.2, 0) is 19.5 Å². The number of amides is 1. The Morgan fingerprint density at radius 1 is 1.10 bits per heavy atom. The van der Waals surface area contributed by atoms with E-state index in [1.54, 1.807) is 25.1 Å². The standard InChI is InChI=1S/C23H27N5O3/c1-30-21-12-18-8-10-27(15-19(18)13-22(21)31-2)11-9-24-23(29)20-16-28(26-25-20)14-17-6-4-3-5-7-17/h3-7,12-13,16H,8-11,14-15H2,1-2H3,(H,24,29). The molecule has 8 heteroatoms. The summed E-state index contributed by atoms with van der Waals surface area (Å²) in [7, 11) is 3.30. The van der Waals surface area contributed by atoms with Gasteiger partial charge in [-0.3, -0.25) is 9.69 Å². The number of carbonyl (C=O) groups excluding carboxylic acids is 1. The first-order chi connectivity index (χ1) is 15.2. The first kappa shape index (κ1) is 20.9. The molecule has 0 saturated heterocycles. The summed E-state index contributed by atoms with van der Waals surface area (Å²) in [4.78, 5) is 14.7. The van der Waals surface area contributed by atoms with Crippen LogP contribution in [0.3, 0.4) is 0 Å². The van der Waals surface area contributed by atoms with Gasteiger partial charge in [-0.1, -0.05) is 35.5 Å². The molecular formula is C23H27N5O3. The first-order valence-electron chi connectivity index (χ1n) is 10.3. The Morgan fingerprint density at radius 3 is 2.58 bits per heavy atom. The summed E-state index contributed by atoms with van der Waals surface area (Å²) in [5.74, 6) is 1.31. The van der Waals surface area contributed by atoms with Gasteiger partial charge in [0.25, 0.3) is 5.91 Å². The molecule has 162 valence electrons. The van der Waals surface area contributed by atoms with Crippen molar-refractivity contribution in [3.8, 4) is 11.5 Å². The highest BCUT2D eigenvalue weighted by Crippen LogP contribution is 2.33. The van der Waals surface area contributed by atoms with E-state index in [1.807, 2.05) is 36.4 Å². The van der Waals surface area contributed by atoms with Gasteiger partial charge in [0.15, 0.2) is 17.2 Å². The van der Waals surface area contributed by atoms with Crippen LogP contribution < -0.4 is 14.8 Å². The fourth-order valence-corrected chi connectivity index (χ4v) is 3.80. The lowest BCUT2D eigenvalue weighted by atomic mass is 9.99. The topological polar surface area (TPSA) is 81.5 Å². The van der Waals surface area contributed by atoms with Gasteiger partial charge in [-0.25, -0.2) is 4.68 Å². The van der Waals surface area contributed by atoms with Crippen molar-refractivity contribution < 1.29 is 14.3 Å². The summed E-state index contributed by atoms with van der Waals surface area (Å²) < 4.78 is 12.5. The van der Waals surface area contributed by atoms with Crippen LogP contribution >= 0.6 is 0 Å². The fraction of sp³-hybridized carbons (Fsp3) is 0.348. The lowest BCUT2D eigenvalue weighted by Crippen LogP contribution is -2.38. The molecule has 1 aliphatic heterocycles. The normalized spacial score (nSPS) is 13.5. The van der Waals surface area contributed by atoms with Gasteiger partial charge < -0.3 is 14.8 Å². The number of nitrogens with zero attached hydrogens (tertiary/aromatic N) is 4. The van der Waals surface area contributed by atoms with Gasteiger partial charge in [-0.05, 0) is 35.2 Å². The van der Waals surface area contributed by atoms with Gasteiger partial charge in [-0.2, -0.15) is 0 Å². The van der Waals surface area contributed by atoms with Crippen molar-refractivity contribution in [1.82, 2.24) is 25.2 Å². The van der Waals surface area contributed by atoms with E-state index < -0.39 is 0 Å². The third kappa shape index (κ3) is 5.03. The second kappa shape index (κ2) is 9.61.